The van der Waals surface area contributed by atoms with E-state index in [1.807, 2.05) is 20.0 Å². The minimum absolute atomic E-state index is 0.417. The molecule has 0 amide bonds. The lowest BCUT2D eigenvalue weighted by atomic mass is 9.82. The van der Waals surface area contributed by atoms with Gasteiger partial charge in [0.15, 0.2) is 0 Å². The summed E-state index contributed by atoms with van der Waals surface area (Å²) in [5.74, 6) is 1.63. The maximum Gasteiger partial charge on any atom is 0.134 e. The standard InChI is InChI=1S/C11H18N2O2/c1-8-3-10(13-15-8)7-14-11-4-9(5-11)6-12-2/h3,9,11-12H,4-7H2,1-2H3. The first kappa shape index (κ1) is 10.6. The summed E-state index contributed by atoms with van der Waals surface area (Å²) in [6, 6.07) is 1.92. The van der Waals surface area contributed by atoms with Gasteiger partial charge in [-0.2, -0.15) is 0 Å². The summed E-state index contributed by atoms with van der Waals surface area (Å²) in [7, 11) is 1.99. The van der Waals surface area contributed by atoms with Crippen molar-refractivity contribution in [1.29, 1.82) is 0 Å². The average molecular weight is 210 g/mol. The minimum atomic E-state index is 0.417. The van der Waals surface area contributed by atoms with Crippen LogP contribution in [0.3, 0.4) is 0 Å². The molecular formula is C11H18N2O2. The van der Waals surface area contributed by atoms with Gasteiger partial charge in [0.05, 0.1) is 12.7 Å². The maximum absolute atomic E-state index is 5.70. The van der Waals surface area contributed by atoms with E-state index in [0.29, 0.717) is 12.7 Å². The molecule has 0 aliphatic heterocycles. The van der Waals surface area contributed by atoms with Crippen molar-refractivity contribution in [2.24, 2.45) is 5.92 Å². The molecule has 2 rings (SSSR count). The third-order valence-electron chi connectivity index (χ3n) is 2.83. The van der Waals surface area contributed by atoms with Crippen molar-refractivity contribution in [3.8, 4) is 0 Å². The van der Waals surface area contributed by atoms with Gasteiger partial charge in [0.25, 0.3) is 0 Å². The van der Waals surface area contributed by atoms with E-state index in [4.69, 9.17) is 9.26 Å². The van der Waals surface area contributed by atoms with Crippen LogP contribution in [0.15, 0.2) is 10.6 Å². The number of aromatic nitrogens is 1. The van der Waals surface area contributed by atoms with E-state index in [1.165, 1.54) is 0 Å². The highest BCUT2D eigenvalue weighted by molar-refractivity contribution is 5.02. The molecule has 1 saturated carbocycles. The van der Waals surface area contributed by atoms with Gasteiger partial charge in [0, 0.05) is 6.07 Å². The van der Waals surface area contributed by atoms with Gasteiger partial charge in [-0.05, 0) is 39.3 Å². The van der Waals surface area contributed by atoms with Gasteiger partial charge in [0.1, 0.15) is 11.5 Å². The summed E-state index contributed by atoms with van der Waals surface area (Å²) in [6.45, 7) is 3.57. The Hall–Kier alpha value is -0.870. The summed E-state index contributed by atoms with van der Waals surface area (Å²) >= 11 is 0. The van der Waals surface area contributed by atoms with E-state index in [2.05, 4.69) is 10.5 Å². The zero-order chi connectivity index (χ0) is 10.7. The number of aryl methyl sites for hydroxylation is 1. The molecule has 0 spiro atoms. The number of rotatable bonds is 5. The summed E-state index contributed by atoms with van der Waals surface area (Å²) in [5.41, 5.74) is 0.893. The van der Waals surface area contributed by atoms with Crippen LogP contribution in [0.5, 0.6) is 0 Å². The molecule has 1 N–H and O–H groups in total. The molecule has 0 atom stereocenters. The second kappa shape index (κ2) is 4.77. The number of nitrogens with zero attached hydrogens (tertiary/aromatic N) is 1. The molecule has 1 aliphatic rings. The van der Waals surface area contributed by atoms with Gasteiger partial charge in [-0.15, -0.1) is 0 Å². The average Bonchev–Trinajstić information content (AvgIpc) is 2.55. The fraction of sp³-hybridized carbons (Fsp3) is 0.727. The lowest BCUT2D eigenvalue weighted by Crippen LogP contribution is -2.36. The topological polar surface area (TPSA) is 47.3 Å². The molecule has 0 bridgehead atoms. The van der Waals surface area contributed by atoms with Gasteiger partial charge in [-0.25, -0.2) is 0 Å². The van der Waals surface area contributed by atoms with E-state index >= 15 is 0 Å². The van der Waals surface area contributed by atoms with Crippen LogP contribution < -0.4 is 5.32 Å². The molecular weight excluding hydrogens is 192 g/mol. The molecule has 0 saturated heterocycles. The fourth-order valence-electron chi connectivity index (χ4n) is 1.96. The molecule has 0 radical (unpaired) electrons. The van der Waals surface area contributed by atoms with E-state index in [0.717, 1.165) is 36.8 Å². The predicted molar refractivity (Wildman–Crippen MR) is 56.5 cm³/mol. The summed E-state index contributed by atoms with van der Waals surface area (Å²) in [6.07, 6.45) is 2.75. The zero-order valence-electron chi connectivity index (χ0n) is 9.32. The lowest BCUT2D eigenvalue weighted by Gasteiger charge is -2.34. The predicted octanol–water partition coefficient (Wildman–Crippen LogP) is 1.50. The van der Waals surface area contributed by atoms with Crippen molar-refractivity contribution in [2.75, 3.05) is 13.6 Å². The quantitative estimate of drug-likeness (QED) is 0.800. The van der Waals surface area contributed by atoms with Gasteiger partial charge >= 0.3 is 0 Å². The van der Waals surface area contributed by atoms with Crippen LogP contribution >= 0.6 is 0 Å². The SMILES string of the molecule is CNCC1CC(OCc2cc(C)on2)C1. The van der Waals surface area contributed by atoms with E-state index in [1.54, 1.807) is 0 Å². The molecule has 1 aromatic heterocycles. The largest absolute Gasteiger partial charge is 0.372 e. The highest BCUT2D eigenvalue weighted by Crippen LogP contribution is 2.29. The molecule has 15 heavy (non-hydrogen) atoms. The number of ether oxygens (including phenoxy) is 1. The Bertz CT molecular complexity index is 305. The monoisotopic (exact) mass is 210 g/mol. The van der Waals surface area contributed by atoms with Crippen LogP contribution in [0.25, 0.3) is 0 Å². The van der Waals surface area contributed by atoms with Gasteiger partial charge < -0.3 is 14.6 Å². The second-order valence-electron chi connectivity index (χ2n) is 4.26. The van der Waals surface area contributed by atoms with Gasteiger partial charge in [-0.1, -0.05) is 5.16 Å². The smallest absolute Gasteiger partial charge is 0.134 e. The number of nitrogens with one attached hydrogen (secondary N) is 1. The van der Waals surface area contributed by atoms with Gasteiger partial charge in [-0.3, -0.25) is 0 Å². The van der Waals surface area contributed by atoms with Crippen LogP contribution in [-0.2, 0) is 11.3 Å². The Labute approximate surface area is 90.0 Å². The zero-order valence-corrected chi connectivity index (χ0v) is 9.32. The van der Waals surface area contributed by atoms with Crippen LogP contribution in [0.2, 0.25) is 0 Å². The Morgan fingerprint density at radius 1 is 1.60 bits per heavy atom. The van der Waals surface area contributed by atoms with E-state index in [-0.39, 0.29) is 0 Å². The third-order valence-corrected chi connectivity index (χ3v) is 2.83. The summed E-state index contributed by atoms with van der Waals surface area (Å²) < 4.78 is 10.7. The Morgan fingerprint density at radius 3 is 3.00 bits per heavy atom. The van der Waals surface area contributed by atoms with Crippen LogP contribution in [-0.4, -0.2) is 24.9 Å². The molecule has 0 aromatic carbocycles. The highest BCUT2D eigenvalue weighted by Gasteiger charge is 2.29. The summed E-state index contributed by atoms with van der Waals surface area (Å²) in [4.78, 5) is 0. The molecule has 1 aromatic rings. The van der Waals surface area contributed by atoms with Crippen molar-refractivity contribution < 1.29 is 9.26 Å². The Balaban J connectivity index is 1.64. The first-order chi connectivity index (χ1) is 7.28. The first-order valence-electron chi connectivity index (χ1n) is 5.46. The van der Waals surface area contributed by atoms with Gasteiger partial charge in [0.2, 0.25) is 0 Å². The molecule has 0 unspecified atom stereocenters. The second-order valence-corrected chi connectivity index (χ2v) is 4.26. The highest BCUT2D eigenvalue weighted by atomic mass is 16.5. The van der Waals surface area contributed by atoms with Crippen molar-refractivity contribution in [3.05, 3.63) is 17.5 Å². The van der Waals surface area contributed by atoms with Crippen LogP contribution in [0.4, 0.5) is 0 Å². The minimum Gasteiger partial charge on any atom is -0.372 e. The molecule has 1 heterocycles. The Kier molecular flexibility index (Phi) is 3.38. The third kappa shape index (κ3) is 2.79. The molecule has 1 fully saturated rings. The normalized spacial score (nSPS) is 25.2. The van der Waals surface area contributed by atoms with E-state index in [9.17, 15) is 0 Å². The van der Waals surface area contributed by atoms with Crippen LogP contribution in [0.1, 0.15) is 24.3 Å². The summed E-state index contributed by atoms with van der Waals surface area (Å²) in [5, 5.41) is 7.07. The Morgan fingerprint density at radius 2 is 2.40 bits per heavy atom. The van der Waals surface area contributed by atoms with Crippen molar-refractivity contribution >= 4 is 0 Å². The molecule has 4 nitrogen and oxygen atoms in total. The molecule has 84 valence electrons. The lowest BCUT2D eigenvalue weighted by molar-refractivity contribution is -0.0409. The van der Waals surface area contributed by atoms with Crippen molar-refractivity contribution in [2.45, 2.75) is 32.5 Å². The van der Waals surface area contributed by atoms with Crippen molar-refractivity contribution in [3.63, 3.8) is 0 Å². The first-order valence-corrected chi connectivity index (χ1v) is 5.46. The number of hydrogen-bond acceptors (Lipinski definition) is 4. The fourth-order valence-corrected chi connectivity index (χ4v) is 1.96. The molecule has 4 heteroatoms. The van der Waals surface area contributed by atoms with Crippen molar-refractivity contribution in [1.82, 2.24) is 10.5 Å². The maximum atomic E-state index is 5.70. The molecule has 1 aliphatic carbocycles. The van der Waals surface area contributed by atoms with Crippen LogP contribution in [0, 0.1) is 12.8 Å². The number of hydrogen-bond donors (Lipinski definition) is 1. The van der Waals surface area contributed by atoms with E-state index < -0.39 is 0 Å².